The number of benzene rings is 2. The summed E-state index contributed by atoms with van der Waals surface area (Å²) in [4.78, 5) is 51.8. The van der Waals surface area contributed by atoms with Crippen molar-refractivity contribution in [3.05, 3.63) is 63.9 Å². The molecule has 1 atom stereocenters. The summed E-state index contributed by atoms with van der Waals surface area (Å²) < 4.78 is 37.2. The van der Waals surface area contributed by atoms with Gasteiger partial charge >= 0.3 is 12.1 Å². The minimum Gasteiger partial charge on any atom is -0.477 e. The Labute approximate surface area is 233 Å². The number of likely N-dealkylation sites (tertiary alicyclic amines) is 1. The summed E-state index contributed by atoms with van der Waals surface area (Å²) in [6.07, 6.45) is 1.23. The minimum atomic E-state index is -1.54. The van der Waals surface area contributed by atoms with Gasteiger partial charge in [-0.1, -0.05) is 0 Å². The Balaban J connectivity index is 1.54. The molecule has 1 unspecified atom stereocenters. The maximum Gasteiger partial charge on any atom is 0.414 e. The highest BCUT2D eigenvalue weighted by molar-refractivity contribution is 5.94. The van der Waals surface area contributed by atoms with E-state index in [9.17, 15) is 24.3 Å². The number of nitrogens with one attached hydrogen (secondary N) is 2. The first-order valence-electron chi connectivity index (χ1n) is 13.1. The number of aromatic carboxylic acids is 1. The zero-order chi connectivity index (χ0) is 29.4. The van der Waals surface area contributed by atoms with Crippen molar-refractivity contribution in [3.63, 3.8) is 0 Å². The van der Waals surface area contributed by atoms with Crippen LogP contribution in [0, 0.1) is 11.6 Å². The third-order valence-corrected chi connectivity index (χ3v) is 7.36. The predicted molar refractivity (Wildman–Crippen MR) is 147 cm³/mol. The summed E-state index contributed by atoms with van der Waals surface area (Å²) in [7, 11) is 2.00. The van der Waals surface area contributed by atoms with Crippen molar-refractivity contribution in [2.24, 2.45) is 0 Å². The molecular weight excluding hydrogens is 540 g/mol. The number of carbonyl (C=O) groups excluding carboxylic acids is 2. The van der Waals surface area contributed by atoms with E-state index >= 15 is 8.78 Å². The van der Waals surface area contributed by atoms with E-state index in [2.05, 4.69) is 15.5 Å². The van der Waals surface area contributed by atoms with Crippen molar-refractivity contribution in [3.8, 4) is 5.69 Å². The van der Waals surface area contributed by atoms with E-state index in [0.717, 1.165) is 44.3 Å². The highest BCUT2D eigenvalue weighted by atomic mass is 19.1. The van der Waals surface area contributed by atoms with Crippen molar-refractivity contribution in [2.75, 3.05) is 43.4 Å². The number of carboxylic acids is 1. The number of aromatic nitrogens is 1. The molecule has 11 nitrogen and oxygen atoms in total. The second-order valence-corrected chi connectivity index (χ2v) is 10.3. The van der Waals surface area contributed by atoms with Crippen LogP contribution in [0.3, 0.4) is 0 Å². The van der Waals surface area contributed by atoms with E-state index in [1.54, 1.807) is 0 Å². The lowest BCUT2D eigenvalue weighted by Gasteiger charge is -2.30. The Morgan fingerprint density at radius 2 is 1.83 bits per heavy atom. The van der Waals surface area contributed by atoms with Crippen LogP contribution in [0.4, 0.5) is 25.0 Å². The van der Waals surface area contributed by atoms with Crippen molar-refractivity contribution in [1.82, 2.24) is 14.8 Å². The lowest BCUT2D eigenvalue weighted by molar-refractivity contribution is -0.119. The van der Waals surface area contributed by atoms with Gasteiger partial charge in [0, 0.05) is 24.5 Å². The number of amides is 2. The van der Waals surface area contributed by atoms with E-state index in [0.29, 0.717) is 0 Å². The third kappa shape index (κ3) is 5.71. The summed E-state index contributed by atoms with van der Waals surface area (Å²) in [5.74, 6) is -3.37. The van der Waals surface area contributed by atoms with Crippen molar-refractivity contribution < 1.29 is 33.0 Å². The highest BCUT2D eigenvalue weighted by Crippen LogP contribution is 2.30. The van der Waals surface area contributed by atoms with Gasteiger partial charge in [0.15, 0.2) is 0 Å². The number of fused-ring (bicyclic) bond motifs is 1. The van der Waals surface area contributed by atoms with Crippen LogP contribution in [0.2, 0.25) is 0 Å². The van der Waals surface area contributed by atoms with Gasteiger partial charge in [0.1, 0.15) is 23.3 Å². The van der Waals surface area contributed by atoms with Crippen LogP contribution < -0.4 is 21.0 Å². The van der Waals surface area contributed by atoms with Crippen molar-refractivity contribution >= 4 is 40.2 Å². The Hall–Kier alpha value is -4.52. The smallest absolute Gasteiger partial charge is 0.414 e. The molecule has 2 fully saturated rings. The first kappa shape index (κ1) is 28.0. The molecule has 0 radical (unpaired) electrons. The predicted octanol–water partition coefficient (Wildman–Crippen LogP) is 2.93. The molecule has 3 aromatic rings. The summed E-state index contributed by atoms with van der Waals surface area (Å²) in [6, 6.07) is 6.21. The summed E-state index contributed by atoms with van der Waals surface area (Å²) in [5, 5.41) is 15.2. The van der Waals surface area contributed by atoms with Crippen molar-refractivity contribution in [1.29, 1.82) is 0 Å². The highest BCUT2D eigenvalue weighted by Gasteiger charge is 2.33. The molecule has 2 aliphatic heterocycles. The van der Waals surface area contributed by atoms with E-state index in [4.69, 9.17) is 4.74 Å². The zero-order valence-electron chi connectivity index (χ0n) is 22.4. The second kappa shape index (κ2) is 11.2. The van der Waals surface area contributed by atoms with Gasteiger partial charge in [0.05, 0.1) is 35.7 Å². The zero-order valence-corrected chi connectivity index (χ0v) is 22.4. The number of halogens is 2. The Morgan fingerprint density at radius 3 is 2.49 bits per heavy atom. The van der Waals surface area contributed by atoms with Gasteiger partial charge in [0.2, 0.25) is 11.3 Å². The minimum absolute atomic E-state index is 0.0117. The molecule has 0 spiro atoms. The number of nitrogens with zero attached hydrogens (tertiary/aromatic N) is 3. The number of anilines is 2. The van der Waals surface area contributed by atoms with Gasteiger partial charge in [-0.15, -0.1) is 0 Å². The molecule has 216 valence electrons. The van der Waals surface area contributed by atoms with Crippen LogP contribution in [0.5, 0.6) is 0 Å². The van der Waals surface area contributed by atoms with Crippen LogP contribution in [-0.4, -0.2) is 77.9 Å². The Morgan fingerprint density at radius 1 is 1.10 bits per heavy atom. The molecule has 2 amide bonds. The quantitative estimate of drug-likeness (QED) is 0.396. The second-order valence-electron chi connectivity index (χ2n) is 10.3. The van der Waals surface area contributed by atoms with E-state index in [1.165, 1.54) is 34.6 Å². The monoisotopic (exact) mass is 569 g/mol. The lowest BCUT2D eigenvalue weighted by Crippen LogP contribution is -2.36. The standard InChI is InChI=1S/C28H29F2N5O6/c1-15(36)31-12-18-13-34(28(40)41-18)17-3-4-24(22(30)9-17)35-14-20(27(38)39)26(37)19-10-21(29)23(11-25(19)35)32-16-5-7-33(2)8-6-16/h3-4,9-11,14,16,18,32H,5-8,12-13H2,1-2H3,(H,31,36)(H,38,39). The molecule has 1 aromatic heterocycles. The average molecular weight is 570 g/mol. The van der Waals surface area contributed by atoms with Gasteiger partial charge in [-0.05, 0) is 63.3 Å². The van der Waals surface area contributed by atoms with Crippen LogP contribution in [-0.2, 0) is 9.53 Å². The molecule has 2 saturated heterocycles. The fourth-order valence-electron chi connectivity index (χ4n) is 5.14. The van der Waals surface area contributed by atoms with Gasteiger partial charge in [-0.2, -0.15) is 0 Å². The number of hydrogen-bond acceptors (Lipinski definition) is 7. The number of hydrogen-bond donors (Lipinski definition) is 3. The number of piperidine rings is 1. The number of pyridine rings is 1. The number of ether oxygens (including phenoxy) is 1. The van der Waals surface area contributed by atoms with Gasteiger partial charge in [-0.25, -0.2) is 18.4 Å². The first-order valence-corrected chi connectivity index (χ1v) is 13.1. The fraction of sp³-hybridized carbons (Fsp3) is 0.357. The first-order chi connectivity index (χ1) is 19.5. The Bertz CT molecular complexity index is 1600. The number of cyclic esters (lactones) is 1. The summed E-state index contributed by atoms with van der Waals surface area (Å²) >= 11 is 0. The fourth-order valence-corrected chi connectivity index (χ4v) is 5.14. The molecule has 2 aliphatic rings. The van der Waals surface area contributed by atoms with Crippen LogP contribution in [0.1, 0.15) is 30.1 Å². The number of rotatable bonds is 7. The normalized spacial score (nSPS) is 18.0. The molecule has 5 rings (SSSR count). The maximum absolute atomic E-state index is 15.6. The maximum atomic E-state index is 15.6. The molecule has 0 bridgehead atoms. The average Bonchev–Trinajstić information content (AvgIpc) is 3.30. The van der Waals surface area contributed by atoms with Crippen LogP contribution >= 0.6 is 0 Å². The third-order valence-electron chi connectivity index (χ3n) is 7.36. The van der Waals surface area contributed by atoms with Gasteiger partial charge in [-0.3, -0.25) is 14.5 Å². The van der Waals surface area contributed by atoms with Gasteiger partial charge in [0.25, 0.3) is 0 Å². The molecule has 3 N–H and O–H groups in total. The summed E-state index contributed by atoms with van der Waals surface area (Å²) in [6.45, 7) is 3.17. The molecule has 2 aromatic carbocycles. The molecule has 13 heteroatoms. The molecule has 41 heavy (non-hydrogen) atoms. The van der Waals surface area contributed by atoms with Crippen molar-refractivity contribution in [2.45, 2.75) is 31.9 Å². The summed E-state index contributed by atoms with van der Waals surface area (Å²) in [5.41, 5.74) is -1.25. The lowest BCUT2D eigenvalue weighted by atomic mass is 10.0. The number of carbonyl (C=O) groups is 3. The van der Waals surface area contributed by atoms with E-state index in [1.807, 2.05) is 7.05 Å². The van der Waals surface area contributed by atoms with Gasteiger partial charge < -0.3 is 29.9 Å². The van der Waals surface area contributed by atoms with E-state index < -0.39 is 40.8 Å². The molecule has 3 heterocycles. The number of carboxylic acid groups (broad SMARTS) is 1. The van der Waals surface area contributed by atoms with E-state index in [-0.39, 0.29) is 53.0 Å². The van der Waals surface area contributed by atoms with Crippen LogP contribution in [0.15, 0.2) is 41.3 Å². The molecular formula is C28H29F2N5O6. The molecule has 0 saturated carbocycles. The topological polar surface area (TPSA) is 133 Å². The SMILES string of the molecule is CC(=O)NCC1CN(c2ccc(-n3cc(C(=O)O)c(=O)c4cc(F)c(NC5CCN(C)CC5)cc43)c(F)c2)C(=O)O1. The largest absolute Gasteiger partial charge is 0.477 e. The van der Waals surface area contributed by atoms with Crippen LogP contribution in [0.25, 0.3) is 16.6 Å². The Kier molecular flexibility index (Phi) is 7.63. The molecule has 0 aliphatic carbocycles.